The lowest BCUT2D eigenvalue weighted by molar-refractivity contribution is -0.119. The molecule has 2 amide bonds. The number of furan rings is 1. The third-order valence-electron chi connectivity index (χ3n) is 4.09. The van der Waals surface area contributed by atoms with Crippen LogP contribution in [0.25, 0.3) is 0 Å². The summed E-state index contributed by atoms with van der Waals surface area (Å²) in [6.07, 6.45) is 4.35. The molecule has 26 heavy (non-hydrogen) atoms. The fraction of sp³-hybridized carbons (Fsp3) is 0.389. The lowest BCUT2D eigenvalue weighted by Gasteiger charge is -2.23. The molecule has 1 atom stereocenters. The van der Waals surface area contributed by atoms with Gasteiger partial charge in [0.15, 0.2) is 5.76 Å². The number of carbonyl (C=O) groups is 2. The van der Waals surface area contributed by atoms with Crippen molar-refractivity contribution in [3.05, 3.63) is 42.5 Å². The van der Waals surface area contributed by atoms with Crippen LogP contribution < -0.4 is 10.1 Å². The molecule has 138 valence electrons. The molecule has 1 unspecified atom stereocenters. The summed E-state index contributed by atoms with van der Waals surface area (Å²) in [5.41, 5.74) is 0.548. The van der Waals surface area contributed by atoms with Gasteiger partial charge in [-0.1, -0.05) is 0 Å². The molecule has 0 radical (unpaired) electrons. The number of hydrogen-bond donors (Lipinski definition) is 1. The Hall–Kier alpha value is -2.87. The van der Waals surface area contributed by atoms with Gasteiger partial charge < -0.3 is 24.1 Å². The second-order valence-electron chi connectivity index (χ2n) is 5.85. The number of carbonyl (C=O) groups excluding carboxylic acids is 2. The zero-order chi connectivity index (χ0) is 18.4. The maximum atomic E-state index is 12.6. The van der Waals surface area contributed by atoms with Crippen molar-refractivity contribution < 1.29 is 23.5 Å². The van der Waals surface area contributed by atoms with Crippen molar-refractivity contribution in [1.82, 2.24) is 9.88 Å². The lowest BCUT2D eigenvalue weighted by atomic mass is 10.2. The van der Waals surface area contributed by atoms with E-state index < -0.39 is 6.04 Å². The number of nitrogens with one attached hydrogen (secondary N) is 1. The van der Waals surface area contributed by atoms with E-state index >= 15 is 0 Å². The van der Waals surface area contributed by atoms with Gasteiger partial charge in [-0.25, -0.2) is 4.98 Å². The summed E-state index contributed by atoms with van der Waals surface area (Å²) in [6.45, 7) is 1.41. The topological polar surface area (TPSA) is 93.9 Å². The van der Waals surface area contributed by atoms with E-state index in [1.54, 1.807) is 36.3 Å². The number of aromatic nitrogens is 1. The van der Waals surface area contributed by atoms with Crippen LogP contribution in [0.2, 0.25) is 0 Å². The molecule has 1 N–H and O–H groups in total. The number of pyridine rings is 1. The van der Waals surface area contributed by atoms with Crippen LogP contribution in [0.3, 0.4) is 0 Å². The second-order valence-corrected chi connectivity index (χ2v) is 5.85. The molecular formula is C18H21N3O5. The van der Waals surface area contributed by atoms with Gasteiger partial charge in [0.25, 0.3) is 5.91 Å². The fourth-order valence-corrected chi connectivity index (χ4v) is 2.82. The first-order chi connectivity index (χ1) is 12.7. The minimum absolute atomic E-state index is 0.239. The van der Waals surface area contributed by atoms with E-state index in [9.17, 15) is 9.59 Å². The highest BCUT2D eigenvalue weighted by Gasteiger charge is 2.35. The monoisotopic (exact) mass is 359 g/mol. The number of hydrogen-bond acceptors (Lipinski definition) is 6. The Labute approximate surface area is 151 Å². The van der Waals surface area contributed by atoms with E-state index in [0.29, 0.717) is 37.7 Å². The van der Waals surface area contributed by atoms with Gasteiger partial charge in [0.05, 0.1) is 24.8 Å². The van der Waals surface area contributed by atoms with E-state index in [1.807, 2.05) is 0 Å². The molecule has 2 aromatic heterocycles. The van der Waals surface area contributed by atoms with E-state index in [4.69, 9.17) is 13.9 Å². The Bertz CT molecular complexity index is 730. The van der Waals surface area contributed by atoms with Gasteiger partial charge in [-0.2, -0.15) is 0 Å². The number of anilines is 1. The van der Waals surface area contributed by atoms with Gasteiger partial charge in [-0.3, -0.25) is 9.59 Å². The van der Waals surface area contributed by atoms with Gasteiger partial charge in [-0.15, -0.1) is 0 Å². The van der Waals surface area contributed by atoms with Gasteiger partial charge in [0.2, 0.25) is 11.8 Å². The minimum Gasteiger partial charge on any atom is -0.475 e. The molecule has 0 aromatic carbocycles. The highest BCUT2D eigenvalue weighted by molar-refractivity contribution is 6.00. The third kappa shape index (κ3) is 4.20. The van der Waals surface area contributed by atoms with Crippen LogP contribution in [-0.4, -0.2) is 54.6 Å². The molecule has 1 aliphatic rings. The average molecular weight is 359 g/mol. The standard InChI is InChI=1S/C18H21N3O5/c1-24-10-11-26-16-7-6-13(12-19-16)20-17(22)14-4-2-8-21(14)18(23)15-5-3-9-25-15/h3,5-7,9,12,14H,2,4,8,10-11H2,1H3,(H,20,22). The van der Waals surface area contributed by atoms with Gasteiger partial charge in [0.1, 0.15) is 12.6 Å². The van der Waals surface area contributed by atoms with E-state index in [-0.39, 0.29) is 17.6 Å². The summed E-state index contributed by atoms with van der Waals surface area (Å²) in [7, 11) is 1.60. The smallest absolute Gasteiger partial charge is 0.290 e. The Morgan fingerprint density at radius 2 is 2.23 bits per heavy atom. The molecule has 8 nitrogen and oxygen atoms in total. The van der Waals surface area contributed by atoms with Crippen molar-refractivity contribution >= 4 is 17.5 Å². The summed E-state index contributed by atoms with van der Waals surface area (Å²) in [5, 5.41) is 2.80. The van der Waals surface area contributed by atoms with Crippen molar-refractivity contribution in [1.29, 1.82) is 0 Å². The van der Waals surface area contributed by atoms with E-state index in [0.717, 1.165) is 6.42 Å². The van der Waals surface area contributed by atoms with Crippen LogP contribution >= 0.6 is 0 Å². The van der Waals surface area contributed by atoms with Crippen molar-refractivity contribution in [3.63, 3.8) is 0 Å². The molecule has 0 spiro atoms. The molecule has 1 fully saturated rings. The van der Waals surface area contributed by atoms with E-state index in [2.05, 4.69) is 10.3 Å². The highest BCUT2D eigenvalue weighted by atomic mass is 16.5. The summed E-state index contributed by atoms with van der Waals surface area (Å²) < 4.78 is 15.4. The molecule has 8 heteroatoms. The minimum atomic E-state index is -0.523. The first-order valence-corrected chi connectivity index (χ1v) is 8.42. The molecule has 0 saturated carbocycles. The normalized spacial score (nSPS) is 16.5. The van der Waals surface area contributed by atoms with Crippen molar-refractivity contribution in [2.24, 2.45) is 0 Å². The summed E-state index contributed by atoms with van der Waals surface area (Å²) in [6, 6.07) is 6.11. The highest BCUT2D eigenvalue weighted by Crippen LogP contribution is 2.22. The first kappa shape index (κ1) is 17.9. The van der Waals surface area contributed by atoms with Gasteiger partial charge >= 0.3 is 0 Å². The zero-order valence-corrected chi connectivity index (χ0v) is 14.5. The van der Waals surface area contributed by atoms with Gasteiger partial charge in [-0.05, 0) is 31.0 Å². The molecular weight excluding hydrogens is 338 g/mol. The van der Waals surface area contributed by atoms with Crippen LogP contribution in [0, 0.1) is 0 Å². The quantitative estimate of drug-likeness (QED) is 0.760. The molecule has 3 heterocycles. The van der Waals surface area contributed by atoms with Crippen LogP contribution in [0.4, 0.5) is 5.69 Å². The van der Waals surface area contributed by atoms with Gasteiger partial charge in [0, 0.05) is 19.7 Å². The molecule has 2 aromatic rings. The zero-order valence-electron chi connectivity index (χ0n) is 14.5. The van der Waals surface area contributed by atoms with Crippen molar-refractivity contribution in [2.75, 3.05) is 32.2 Å². The Kier molecular flexibility index (Phi) is 5.85. The molecule has 1 aliphatic heterocycles. The van der Waals surface area contributed by atoms with Crippen LogP contribution in [0.15, 0.2) is 41.1 Å². The Morgan fingerprint density at radius 3 is 2.92 bits per heavy atom. The van der Waals surface area contributed by atoms with Crippen LogP contribution in [-0.2, 0) is 9.53 Å². The summed E-state index contributed by atoms with van der Waals surface area (Å²) in [5.74, 6) is 0.185. The molecule has 0 aliphatic carbocycles. The SMILES string of the molecule is COCCOc1ccc(NC(=O)C2CCCN2C(=O)c2ccco2)cn1. The largest absolute Gasteiger partial charge is 0.475 e. The molecule has 1 saturated heterocycles. The summed E-state index contributed by atoms with van der Waals surface area (Å²) in [4.78, 5) is 30.7. The maximum Gasteiger partial charge on any atom is 0.290 e. The number of methoxy groups -OCH3 is 1. The number of likely N-dealkylation sites (tertiary alicyclic amines) is 1. The fourth-order valence-electron chi connectivity index (χ4n) is 2.82. The summed E-state index contributed by atoms with van der Waals surface area (Å²) >= 11 is 0. The Morgan fingerprint density at radius 1 is 1.35 bits per heavy atom. The van der Waals surface area contributed by atoms with Crippen LogP contribution in [0.5, 0.6) is 5.88 Å². The first-order valence-electron chi connectivity index (χ1n) is 8.42. The average Bonchev–Trinajstić information content (AvgIpc) is 3.35. The predicted molar refractivity (Wildman–Crippen MR) is 93.0 cm³/mol. The number of ether oxygens (including phenoxy) is 2. The molecule has 3 rings (SSSR count). The third-order valence-corrected chi connectivity index (χ3v) is 4.09. The Balaban J connectivity index is 1.59. The van der Waals surface area contributed by atoms with E-state index in [1.165, 1.54) is 12.5 Å². The second kappa shape index (κ2) is 8.48. The molecule has 0 bridgehead atoms. The maximum absolute atomic E-state index is 12.6. The number of rotatable bonds is 7. The van der Waals surface area contributed by atoms with Crippen LogP contribution in [0.1, 0.15) is 23.4 Å². The number of nitrogens with zero attached hydrogens (tertiary/aromatic N) is 2. The predicted octanol–water partition coefficient (Wildman–Crippen LogP) is 1.94. The lowest BCUT2D eigenvalue weighted by Crippen LogP contribution is -2.43. The number of amides is 2. The van der Waals surface area contributed by atoms with Crippen molar-refractivity contribution in [2.45, 2.75) is 18.9 Å². The van der Waals surface area contributed by atoms with Crippen molar-refractivity contribution in [3.8, 4) is 5.88 Å².